The first kappa shape index (κ1) is 13.7. The van der Waals surface area contributed by atoms with Crippen LogP contribution in [0.5, 0.6) is 0 Å². The fourth-order valence-electron chi connectivity index (χ4n) is 2.90. The molecule has 2 nitrogen and oxygen atoms in total. The smallest absolute Gasteiger partial charge is 0.0668 e. The van der Waals surface area contributed by atoms with Gasteiger partial charge in [-0.25, -0.2) is 0 Å². The normalized spacial score (nSPS) is 26.7. The van der Waals surface area contributed by atoms with E-state index in [2.05, 4.69) is 71.2 Å². The van der Waals surface area contributed by atoms with Crippen molar-refractivity contribution in [2.75, 3.05) is 18.0 Å². The van der Waals surface area contributed by atoms with Crippen molar-refractivity contribution in [2.45, 2.75) is 31.8 Å². The summed E-state index contributed by atoms with van der Waals surface area (Å²) in [7, 11) is 0. The zero-order chi connectivity index (χ0) is 14.0. The maximum Gasteiger partial charge on any atom is 0.0668 e. The van der Waals surface area contributed by atoms with E-state index >= 15 is 0 Å². The van der Waals surface area contributed by atoms with Crippen LogP contribution in [0.4, 0.5) is 5.69 Å². The Hall–Kier alpha value is -1.32. The fourth-order valence-corrected chi connectivity index (χ4v) is 3.55. The average Bonchev–Trinajstić information content (AvgIpc) is 3.02. The first-order valence-electron chi connectivity index (χ1n) is 7.31. The number of anilines is 1. The Labute approximate surface area is 125 Å². The molecule has 3 rings (SSSR count). The number of benzene rings is 1. The second-order valence-corrected chi connectivity index (χ2v) is 6.61. The highest BCUT2D eigenvalue weighted by Gasteiger charge is 2.35. The lowest BCUT2D eigenvalue weighted by Crippen LogP contribution is -2.59. The van der Waals surface area contributed by atoms with Gasteiger partial charge in [-0.15, -0.1) is 0 Å². The summed E-state index contributed by atoms with van der Waals surface area (Å²) < 4.78 is 0. The predicted molar refractivity (Wildman–Crippen MR) is 87.5 cm³/mol. The van der Waals surface area contributed by atoms with E-state index in [0.29, 0.717) is 6.04 Å². The Morgan fingerprint density at radius 2 is 2.10 bits per heavy atom. The van der Waals surface area contributed by atoms with Gasteiger partial charge < -0.3 is 10.2 Å². The van der Waals surface area contributed by atoms with Gasteiger partial charge in [0, 0.05) is 29.7 Å². The fraction of sp³-hybridized carbons (Fsp3) is 0.412. The SMILES string of the molecule is CCC1(C)CN(c2ccsc2)C(c2ccccc2)CN1. The molecule has 106 valence electrons. The highest BCUT2D eigenvalue weighted by molar-refractivity contribution is 7.08. The lowest BCUT2D eigenvalue weighted by molar-refractivity contribution is 0.281. The summed E-state index contributed by atoms with van der Waals surface area (Å²) >= 11 is 1.78. The van der Waals surface area contributed by atoms with Crippen LogP contribution in [-0.2, 0) is 0 Å². The Balaban J connectivity index is 1.93. The molecule has 0 amide bonds. The van der Waals surface area contributed by atoms with Crippen LogP contribution >= 0.6 is 11.3 Å². The minimum atomic E-state index is 0.202. The van der Waals surface area contributed by atoms with E-state index in [9.17, 15) is 0 Å². The third-order valence-corrected chi connectivity index (χ3v) is 5.09. The lowest BCUT2D eigenvalue weighted by Gasteiger charge is -2.47. The summed E-state index contributed by atoms with van der Waals surface area (Å²) in [6, 6.07) is 13.5. The minimum Gasteiger partial charge on any atom is -0.361 e. The largest absolute Gasteiger partial charge is 0.361 e. The van der Waals surface area contributed by atoms with Crippen molar-refractivity contribution in [3.05, 3.63) is 52.7 Å². The summed E-state index contributed by atoms with van der Waals surface area (Å²) in [5.41, 5.74) is 2.95. The second kappa shape index (κ2) is 5.58. The highest BCUT2D eigenvalue weighted by Crippen LogP contribution is 2.34. The second-order valence-electron chi connectivity index (χ2n) is 5.83. The van der Waals surface area contributed by atoms with Crippen LogP contribution in [0.25, 0.3) is 0 Å². The topological polar surface area (TPSA) is 15.3 Å². The molecule has 1 aliphatic rings. The summed E-state index contributed by atoms with van der Waals surface area (Å²) in [6.07, 6.45) is 1.15. The van der Waals surface area contributed by atoms with Gasteiger partial charge in [0.2, 0.25) is 0 Å². The van der Waals surface area contributed by atoms with Gasteiger partial charge >= 0.3 is 0 Å². The van der Waals surface area contributed by atoms with Crippen LogP contribution < -0.4 is 10.2 Å². The molecule has 3 heteroatoms. The Kier molecular flexibility index (Phi) is 3.81. The van der Waals surface area contributed by atoms with Crippen molar-refractivity contribution in [1.82, 2.24) is 5.32 Å². The van der Waals surface area contributed by atoms with E-state index in [1.54, 1.807) is 11.3 Å². The first-order chi connectivity index (χ1) is 9.72. The number of piperazine rings is 1. The highest BCUT2D eigenvalue weighted by atomic mass is 32.1. The van der Waals surface area contributed by atoms with E-state index in [0.717, 1.165) is 19.5 Å². The molecule has 2 heterocycles. The van der Waals surface area contributed by atoms with Crippen molar-refractivity contribution in [3.8, 4) is 0 Å². The Morgan fingerprint density at radius 3 is 2.75 bits per heavy atom. The van der Waals surface area contributed by atoms with E-state index in [-0.39, 0.29) is 5.54 Å². The molecule has 0 aliphatic carbocycles. The standard InChI is InChI=1S/C17H22N2S/c1-3-17(2)13-19(15-9-10-20-12-15)16(11-18-17)14-7-5-4-6-8-14/h4-10,12,16,18H,3,11,13H2,1-2H3. The number of hydrogen-bond donors (Lipinski definition) is 1. The molecular weight excluding hydrogens is 264 g/mol. The maximum absolute atomic E-state index is 3.75. The first-order valence-corrected chi connectivity index (χ1v) is 8.25. The molecule has 1 saturated heterocycles. The number of nitrogens with zero attached hydrogens (tertiary/aromatic N) is 1. The molecule has 2 atom stereocenters. The molecule has 2 aromatic rings. The van der Waals surface area contributed by atoms with Crippen LogP contribution in [0.15, 0.2) is 47.2 Å². The van der Waals surface area contributed by atoms with Gasteiger partial charge in [0.05, 0.1) is 6.04 Å². The molecule has 1 N–H and O–H groups in total. The molecule has 0 bridgehead atoms. The van der Waals surface area contributed by atoms with Gasteiger partial charge in [-0.3, -0.25) is 0 Å². The van der Waals surface area contributed by atoms with Gasteiger partial charge in [-0.2, -0.15) is 11.3 Å². The zero-order valence-electron chi connectivity index (χ0n) is 12.2. The molecule has 0 spiro atoms. The minimum absolute atomic E-state index is 0.202. The summed E-state index contributed by atoms with van der Waals surface area (Å²) in [4.78, 5) is 2.56. The number of hydrogen-bond acceptors (Lipinski definition) is 3. The molecule has 20 heavy (non-hydrogen) atoms. The van der Waals surface area contributed by atoms with Gasteiger partial charge in [0.15, 0.2) is 0 Å². The van der Waals surface area contributed by atoms with Crippen molar-refractivity contribution >= 4 is 17.0 Å². The van der Waals surface area contributed by atoms with Crippen LogP contribution in [0, 0.1) is 0 Å². The maximum atomic E-state index is 3.75. The van der Waals surface area contributed by atoms with E-state index < -0.39 is 0 Å². The Morgan fingerprint density at radius 1 is 1.30 bits per heavy atom. The molecule has 2 unspecified atom stereocenters. The quantitative estimate of drug-likeness (QED) is 0.915. The van der Waals surface area contributed by atoms with Crippen molar-refractivity contribution in [1.29, 1.82) is 0 Å². The van der Waals surface area contributed by atoms with E-state index in [1.165, 1.54) is 11.3 Å². The van der Waals surface area contributed by atoms with Gasteiger partial charge in [0.1, 0.15) is 0 Å². The van der Waals surface area contributed by atoms with Crippen LogP contribution in [-0.4, -0.2) is 18.6 Å². The number of nitrogens with one attached hydrogen (secondary N) is 1. The van der Waals surface area contributed by atoms with Gasteiger partial charge in [0.25, 0.3) is 0 Å². The van der Waals surface area contributed by atoms with Crippen molar-refractivity contribution in [3.63, 3.8) is 0 Å². The lowest BCUT2D eigenvalue weighted by atomic mass is 9.91. The Bertz CT molecular complexity index is 537. The molecule has 0 saturated carbocycles. The molecular formula is C17H22N2S. The van der Waals surface area contributed by atoms with Crippen LogP contribution in [0.1, 0.15) is 31.9 Å². The number of thiophene rings is 1. The monoisotopic (exact) mass is 286 g/mol. The molecule has 1 aliphatic heterocycles. The summed E-state index contributed by atoms with van der Waals surface area (Å²) in [5.74, 6) is 0. The molecule has 1 fully saturated rings. The van der Waals surface area contributed by atoms with E-state index in [1.807, 2.05) is 0 Å². The van der Waals surface area contributed by atoms with Crippen molar-refractivity contribution < 1.29 is 0 Å². The molecule has 0 radical (unpaired) electrons. The van der Waals surface area contributed by atoms with Crippen molar-refractivity contribution in [2.24, 2.45) is 0 Å². The third kappa shape index (κ3) is 2.60. The van der Waals surface area contributed by atoms with E-state index in [4.69, 9.17) is 0 Å². The molecule has 1 aromatic carbocycles. The number of rotatable bonds is 3. The van der Waals surface area contributed by atoms with Gasteiger partial charge in [-0.05, 0) is 30.4 Å². The third-order valence-electron chi connectivity index (χ3n) is 4.42. The van der Waals surface area contributed by atoms with Gasteiger partial charge in [-0.1, -0.05) is 37.3 Å². The summed E-state index contributed by atoms with van der Waals surface area (Å²) in [6.45, 7) is 6.65. The molecule has 1 aromatic heterocycles. The average molecular weight is 286 g/mol. The predicted octanol–water partition coefficient (Wildman–Crippen LogP) is 4.07. The van der Waals surface area contributed by atoms with Crippen LogP contribution in [0.2, 0.25) is 0 Å². The van der Waals surface area contributed by atoms with Crippen LogP contribution in [0.3, 0.4) is 0 Å². The zero-order valence-corrected chi connectivity index (χ0v) is 13.0. The summed E-state index contributed by atoms with van der Waals surface area (Å²) in [5, 5.41) is 8.18.